The molecule has 0 aromatic heterocycles. The van der Waals surface area contributed by atoms with Gasteiger partial charge in [0.2, 0.25) is 5.91 Å². The standard InChI is InChI=1S/C12H20N2O2/c1-8-10(4-5-13-8)11(15)14-6-12(16,7-14)9-2-3-9/h8-10,13,16H,2-7H2,1H3. The van der Waals surface area contributed by atoms with E-state index in [9.17, 15) is 9.90 Å². The molecule has 0 radical (unpaired) electrons. The lowest BCUT2D eigenvalue weighted by Gasteiger charge is -2.48. The monoisotopic (exact) mass is 224 g/mol. The second-order valence-corrected chi connectivity index (χ2v) is 5.71. The zero-order valence-electron chi connectivity index (χ0n) is 9.78. The first-order valence-electron chi connectivity index (χ1n) is 6.35. The Hall–Kier alpha value is -0.610. The molecule has 2 atom stereocenters. The van der Waals surface area contributed by atoms with Crippen molar-refractivity contribution in [3.63, 3.8) is 0 Å². The minimum atomic E-state index is -0.537. The van der Waals surface area contributed by atoms with Crippen LogP contribution in [0, 0.1) is 11.8 Å². The van der Waals surface area contributed by atoms with Crippen molar-refractivity contribution in [2.45, 2.75) is 37.8 Å². The minimum absolute atomic E-state index is 0.128. The predicted octanol–water partition coefficient (Wildman–Crippen LogP) is -0.0323. The Morgan fingerprint density at radius 2 is 2.06 bits per heavy atom. The molecule has 2 N–H and O–H groups in total. The first kappa shape index (κ1) is 10.5. The third-order valence-electron chi connectivity index (χ3n) is 4.42. The topological polar surface area (TPSA) is 52.6 Å². The molecule has 3 fully saturated rings. The summed E-state index contributed by atoms with van der Waals surface area (Å²) in [7, 11) is 0. The number of nitrogens with one attached hydrogen (secondary N) is 1. The summed E-state index contributed by atoms with van der Waals surface area (Å²) in [4.78, 5) is 14.0. The highest BCUT2D eigenvalue weighted by Gasteiger charge is 2.54. The molecule has 1 saturated carbocycles. The van der Waals surface area contributed by atoms with Gasteiger partial charge >= 0.3 is 0 Å². The second kappa shape index (κ2) is 3.44. The molecule has 2 saturated heterocycles. The summed E-state index contributed by atoms with van der Waals surface area (Å²) in [6.45, 7) is 4.15. The SMILES string of the molecule is CC1NCCC1C(=O)N1CC(O)(C2CC2)C1. The van der Waals surface area contributed by atoms with Crippen molar-refractivity contribution in [1.29, 1.82) is 0 Å². The van der Waals surface area contributed by atoms with Crippen LogP contribution in [0.3, 0.4) is 0 Å². The normalized spacial score (nSPS) is 37.2. The zero-order chi connectivity index (χ0) is 11.3. The van der Waals surface area contributed by atoms with Crippen LogP contribution in [0.4, 0.5) is 0 Å². The van der Waals surface area contributed by atoms with E-state index in [1.54, 1.807) is 0 Å². The summed E-state index contributed by atoms with van der Waals surface area (Å²) >= 11 is 0. The molecule has 0 bridgehead atoms. The molecule has 4 nitrogen and oxygen atoms in total. The van der Waals surface area contributed by atoms with Crippen molar-refractivity contribution in [2.75, 3.05) is 19.6 Å². The van der Waals surface area contributed by atoms with Gasteiger partial charge in [0.05, 0.1) is 19.0 Å². The maximum atomic E-state index is 12.1. The average molecular weight is 224 g/mol. The van der Waals surface area contributed by atoms with E-state index in [-0.39, 0.29) is 11.8 Å². The number of carbonyl (C=O) groups is 1. The summed E-state index contributed by atoms with van der Waals surface area (Å²) in [6.07, 6.45) is 3.22. The highest BCUT2D eigenvalue weighted by atomic mass is 16.3. The van der Waals surface area contributed by atoms with E-state index in [0.29, 0.717) is 25.0 Å². The maximum absolute atomic E-state index is 12.1. The number of hydrogen-bond acceptors (Lipinski definition) is 3. The number of rotatable bonds is 2. The van der Waals surface area contributed by atoms with Crippen LogP contribution in [-0.4, -0.2) is 47.2 Å². The lowest BCUT2D eigenvalue weighted by molar-refractivity contribution is -0.163. The van der Waals surface area contributed by atoms with E-state index in [1.165, 1.54) is 0 Å². The largest absolute Gasteiger partial charge is 0.386 e. The van der Waals surface area contributed by atoms with Gasteiger partial charge in [-0.15, -0.1) is 0 Å². The quantitative estimate of drug-likeness (QED) is 0.692. The van der Waals surface area contributed by atoms with Gasteiger partial charge in [-0.25, -0.2) is 0 Å². The Morgan fingerprint density at radius 1 is 1.38 bits per heavy atom. The van der Waals surface area contributed by atoms with Gasteiger partial charge in [-0.05, 0) is 38.6 Å². The third kappa shape index (κ3) is 1.55. The smallest absolute Gasteiger partial charge is 0.227 e. The van der Waals surface area contributed by atoms with Crippen molar-refractivity contribution in [3.05, 3.63) is 0 Å². The van der Waals surface area contributed by atoms with E-state index < -0.39 is 5.60 Å². The fourth-order valence-electron chi connectivity index (χ4n) is 3.08. The molecule has 3 rings (SSSR count). The first-order valence-corrected chi connectivity index (χ1v) is 6.35. The molecule has 3 aliphatic rings. The van der Waals surface area contributed by atoms with Crippen LogP contribution in [0.25, 0.3) is 0 Å². The van der Waals surface area contributed by atoms with Crippen molar-refractivity contribution >= 4 is 5.91 Å². The van der Waals surface area contributed by atoms with E-state index in [0.717, 1.165) is 25.8 Å². The van der Waals surface area contributed by atoms with Crippen molar-refractivity contribution in [3.8, 4) is 0 Å². The molecule has 2 unspecified atom stereocenters. The Kier molecular flexibility index (Phi) is 2.27. The molecular weight excluding hydrogens is 204 g/mol. The third-order valence-corrected chi connectivity index (χ3v) is 4.42. The van der Waals surface area contributed by atoms with Crippen molar-refractivity contribution in [1.82, 2.24) is 10.2 Å². The van der Waals surface area contributed by atoms with Crippen LogP contribution in [-0.2, 0) is 4.79 Å². The molecule has 1 amide bonds. The summed E-state index contributed by atoms with van der Waals surface area (Å²) < 4.78 is 0. The maximum Gasteiger partial charge on any atom is 0.227 e. The molecule has 2 heterocycles. The number of nitrogens with zero attached hydrogens (tertiary/aromatic N) is 1. The number of amides is 1. The van der Waals surface area contributed by atoms with Gasteiger partial charge in [-0.1, -0.05) is 0 Å². The average Bonchev–Trinajstić information content (AvgIpc) is 2.97. The van der Waals surface area contributed by atoms with Gasteiger partial charge in [0.1, 0.15) is 5.60 Å². The van der Waals surface area contributed by atoms with Crippen LogP contribution in [0.5, 0.6) is 0 Å². The van der Waals surface area contributed by atoms with Crippen LogP contribution in [0.1, 0.15) is 26.2 Å². The zero-order valence-corrected chi connectivity index (χ0v) is 9.78. The number of hydrogen-bond donors (Lipinski definition) is 2. The van der Waals surface area contributed by atoms with E-state index in [4.69, 9.17) is 0 Å². The van der Waals surface area contributed by atoms with Gasteiger partial charge in [0, 0.05) is 6.04 Å². The number of carbonyl (C=O) groups excluding carboxylic acids is 1. The van der Waals surface area contributed by atoms with E-state index in [2.05, 4.69) is 12.2 Å². The van der Waals surface area contributed by atoms with Crippen molar-refractivity contribution < 1.29 is 9.90 Å². The molecule has 2 aliphatic heterocycles. The molecule has 16 heavy (non-hydrogen) atoms. The van der Waals surface area contributed by atoms with Gasteiger partial charge in [0.15, 0.2) is 0 Å². The summed E-state index contributed by atoms with van der Waals surface area (Å²) in [5.41, 5.74) is -0.537. The van der Waals surface area contributed by atoms with Gasteiger partial charge in [-0.2, -0.15) is 0 Å². The highest BCUT2D eigenvalue weighted by molar-refractivity contribution is 5.81. The van der Waals surface area contributed by atoms with Crippen LogP contribution in [0.15, 0.2) is 0 Å². The van der Waals surface area contributed by atoms with Crippen LogP contribution in [0.2, 0.25) is 0 Å². The highest BCUT2D eigenvalue weighted by Crippen LogP contribution is 2.45. The van der Waals surface area contributed by atoms with E-state index in [1.807, 2.05) is 4.90 Å². The summed E-state index contributed by atoms with van der Waals surface area (Å²) in [5.74, 6) is 0.835. The fraction of sp³-hybridized carbons (Fsp3) is 0.917. The molecule has 0 aromatic rings. The fourth-order valence-corrected chi connectivity index (χ4v) is 3.08. The number of likely N-dealkylation sites (tertiary alicyclic amines) is 1. The van der Waals surface area contributed by atoms with Crippen LogP contribution < -0.4 is 5.32 Å². The number of β-amino-alcohol motifs (C(OH)–C–C–N with tert-alkyl or cyclic N) is 1. The lowest BCUT2D eigenvalue weighted by Crippen LogP contribution is -2.66. The molecule has 90 valence electrons. The Balaban J connectivity index is 1.57. The Labute approximate surface area is 96.0 Å². The summed E-state index contributed by atoms with van der Waals surface area (Å²) in [5, 5.41) is 13.5. The first-order chi connectivity index (χ1) is 7.60. The van der Waals surface area contributed by atoms with Gasteiger partial charge < -0.3 is 15.3 Å². The molecule has 1 aliphatic carbocycles. The van der Waals surface area contributed by atoms with E-state index >= 15 is 0 Å². The van der Waals surface area contributed by atoms with Crippen molar-refractivity contribution in [2.24, 2.45) is 11.8 Å². The molecule has 0 spiro atoms. The Bertz CT molecular complexity index is 308. The predicted molar refractivity (Wildman–Crippen MR) is 59.8 cm³/mol. The lowest BCUT2D eigenvalue weighted by atomic mass is 9.86. The molecular formula is C12H20N2O2. The van der Waals surface area contributed by atoms with Crippen LogP contribution >= 0.6 is 0 Å². The molecule has 0 aromatic carbocycles. The molecule has 4 heteroatoms. The second-order valence-electron chi connectivity index (χ2n) is 5.71. The number of aliphatic hydroxyl groups is 1. The van der Waals surface area contributed by atoms with Gasteiger partial charge in [0.25, 0.3) is 0 Å². The summed E-state index contributed by atoms with van der Waals surface area (Å²) in [6, 6.07) is 0.294. The Morgan fingerprint density at radius 3 is 2.56 bits per heavy atom. The minimum Gasteiger partial charge on any atom is -0.386 e. The van der Waals surface area contributed by atoms with Gasteiger partial charge in [-0.3, -0.25) is 4.79 Å².